The Hall–Kier alpha value is -2.74. The summed E-state index contributed by atoms with van der Waals surface area (Å²) in [7, 11) is -2.17. The zero-order valence-corrected chi connectivity index (χ0v) is 18.7. The normalized spacial score (nSPS) is 11.6. The fourth-order valence-corrected chi connectivity index (χ4v) is 3.65. The van der Waals surface area contributed by atoms with Gasteiger partial charge in [-0.25, -0.2) is 28.2 Å². The molecule has 0 bridgehead atoms. The Bertz CT molecular complexity index is 1160. The van der Waals surface area contributed by atoms with Gasteiger partial charge < -0.3 is 15.4 Å². The Kier molecular flexibility index (Phi) is 7.43. The number of methoxy groups -OCH3 is 1. The number of thioether (sulfide) groups is 1. The van der Waals surface area contributed by atoms with E-state index in [0.29, 0.717) is 48.4 Å². The summed E-state index contributed by atoms with van der Waals surface area (Å²) in [6.07, 6.45) is 3.57. The van der Waals surface area contributed by atoms with Gasteiger partial charge in [-0.2, -0.15) is 5.10 Å². The van der Waals surface area contributed by atoms with Crippen LogP contribution >= 0.6 is 11.8 Å². The van der Waals surface area contributed by atoms with Crippen molar-refractivity contribution in [2.45, 2.75) is 16.6 Å². The molecular formula is C18H23N7O4S2. The lowest BCUT2D eigenvalue weighted by molar-refractivity contribution is 0.0952. The molecule has 0 aliphatic heterocycles. The van der Waals surface area contributed by atoms with Crippen molar-refractivity contribution in [3.05, 3.63) is 36.0 Å². The summed E-state index contributed by atoms with van der Waals surface area (Å²) in [6, 6.07) is 5.41. The number of anilines is 1. The Labute approximate surface area is 183 Å². The van der Waals surface area contributed by atoms with Crippen LogP contribution in [0, 0.1) is 0 Å². The Balaban J connectivity index is 1.68. The molecule has 11 nitrogen and oxygen atoms in total. The largest absolute Gasteiger partial charge is 0.383 e. The van der Waals surface area contributed by atoms with Gasteiger partial charge in [0.1, 0.15) is 5.82 Å². The van der Waals surface area contributed by atoms with Crippen molar-refractivity contribution in [3.63, 3.8) is 0 Å². The number of nitrogens with one attached hydrogen (secondary N) is 2. The average molecular weight is 466 g/mol. The first-order valence-corrected chi connectivity index (χ1v) is 12.0. The number of carbonyl (C=O) groups is 1. The average Bonchev–Trinajstić information content (AvgIpc) is 3.16. The molecule has 31 heavy (non-hydrogen) atoms. The monoisotopic (exact) mass is 465 g/mol. The molecule has 0 atom stereocenters. The molecule has 0 unspecified atom stereocenters. The third kappa shape index (κ3) is 5.70. The molecule has 2 heterocycles. The molecule has 2 aromatic heterocycles. The Morgan fingerprint density at radius 1 is 1.23 bits per heavy atom. The summed E-state index contributed by atoms with van der Waals surface area (Å²) in [5.41, 5.74) is 0.986. The summed E-state index contributed by atoms with van der Waals surface area (Å²) in [5.74, 6) is 0.343. The van der Waals surface area contributed by atoms with Gasteiger partial charge in [-0.05, 0) is 30.5 Å². The number of aromatic nitrogens is 4. The predicted molar refractivity (Wildman–Crippen MR) is 118 cm³/mol. The van der Waals surface area contributed by atoms with Gasteiger partial charge in [0, 0.05) is 25.8 Å². The lowest BCUT2D eigenvalue weighted by atomic mass is 10.2. The third-order valence-corrected chi connectivity index (χ3v) is 5.79. The number of sulfonamides is 1. The first-order valence-electron chi connectivity index (χ1n) is 9.25. The van der Waals surface area contributed by atoms with Crippen molar-refractivity contribution in [2.75, 3.05) is 38.4 Å². The minimum atomic E-state index is -3.80. The number of primary sulfonamides is 1. The first-order chi connectivity index (χ1) is 14.8. The van der Waals surface area contributed by atoms with Crippen LogP contribution in [0.4, 0.5) is 5.82 Å². The standard InChI is InChI=1S/C18H23N7O4S2/c1-29-10-8-20-15-14-11-22-25(16(14)24-18(23-15)30-2)9-7-21-17(26)12-3-5-13(6-4-12)31(19,27)28/h3-6,11H,7-10H2,1-2H3,(H,21,26)(H2,19,27,28)(H,20,23,24). The van der Waals surface area contributed by atoms with Crippen LogP contribution < -0.4 is 15.8 Å². The maximum Gasteiger partial charge on any atom is 0.251 e. The predicted octanol–water partition coefficient (Wildman–Crippen LogP) is 0.684. The number of rotatable bonds is 10. The van der Waals surface area contributed by atoms with E-state index < -0.39 is 10.0 Å². The fraction of sp³-hybridized carbons (Fsp3) is 0.333. The van der Waals surface area contributed by atoms with Crippen LogP contribution in [0.25, 0.3) is 11.0 Å². The van der Waals surface area contributed by atoms with Crippen molar-refractivity contribution < 1.29 is 17.9 Å². The highest BCUT2D eigenvalue weighted by Gasteiger charge is 2.14. The van der Waals surface area contributed by atoms with Gasteiger partial charge in [0.05, 0.1) is 29.6 Å². The molecule has 13 heteroatoms. The molecule has 1 amide bonds. The van der Waals surface area contributed by atoms with E-state index in [9.17, 15) is 13.2 Å². The van der Waals surface area contributed by atoms with E-state index in [1.165, 1.54) is 36.0 Å². The molecule has 166 valence electrons. The second-order valence-electron chi connectivity index (χ2n) is 6.41. The summed E-state index contributed by atoms with van der Waals surface area (Å²) in [6.45, 7) is 1.84. The van der Waals surface area contributed by atoms with Gasteiger partial charge >= 0.3 is 0 Å². The van der Waals surface area contributed by atoms with Gasteiger partial charge in [-0.1, -0.05) is 11.8 Å². The van der Waals surface area contributed by atoms with Crippen molar-refractivity contribution >= 4 is 44.5 Å². The van der Waals surface area contributed by atoms with Crippen LogP contribution in [0.3, 0.4) is 0 Å². The fourth-order valence-electron chi connectivity index (χ4n) is 2.77. The van der Waals surface area contributed by atoms with E-state index in [-0.39, 0.29) is 10.8 Å². The highest BCUT2D eigenvalue weighted by molar-refractivity contribution is 7.98. The lowest BCUT2D eigenvalue weighted by Gasteiger charge is -2.09. The number of carbonyl (C=O) groups excluding carboxylic acids is 1. The molecule has 0 saturated heterocycles. The van der Waals surface area contributed by atoms with E-state index in [0.717, 1.165) is 5.39 Å². The van der Waals surface area contributed by atoms with Gasteiger partial charge in [-0.15, -0.1) is 0 Å². The first kappa shape index (κ1) is 22.9. The number of amides is 1. The van der Waals surface area contributed by atoms with Gasteiger partial charge in [0.2, 0.25) is 10.0 Å². The molecule has 0 fully saturated rings. The maximum absolute atomic E-state index is 12.3. The van der Waals surface area contributed by atoms with Crippen LogP contribution in [0.1, 0.15) is 10.4 Å². The van der Waals surface area contributed by atoms with E-state index in [4.69, 9.17) is 9.88 Å². The Morgan fingerprint density at radius 3 is 2.61 bits per heavy atom. The molecule has 0 radical (unpaired) electrons. The third-order valence-electron chi connectivity index (χ3n) is 4.31. The molecule has 1 aromatic carbocycles. The highest BCUT2D eigenvalue weighted by Crippen LogP contribution is 2.23. The van der Waals surface area contributed by atoms with Crippen LogP contribution in [0.2, 0.25) is 0 Å². The van der Waals surface area contributed by atoms with E-state index in [1.807, 2.05) is 6.26 Å². The lowest BCUT2D eigenvalue weighted by Crippen LogP contribution is -2.27. The summed E-state index contributed by atoms with van der Waals surface area (Å²) in [5, 5.41) is 16.8. The maximum atomic E-state index is 12.3. The van der Waals surface area contributed by atoms with Gasteiger partial charge in [0.25, 0.3) is 5.91 Å². The zero-order chi connectivity index (χ0) is 22.4. The van der Waals surface area contributed by atoms with Gasteiger partial charge in [-0.3, -0.25) is 4.79 Å². The summed E-state index contributed by atoms with van der Waals surface area (Å²) in [4.78, 5) is 21.3. The second-order valence-corrected chi connectivity index (χ2v) is 8.74. The smallest absolute Gasteiger partial charge is 0.251 e. The van der Waals surface area contributed by atoms with Gasteiger partial charge in [0.15, 0.2) is 10.8 Å². The molecule has 3 aromatic rings. The van der Waals surface area contributed by atoms with Crippen LogP contribution in [0.5, 0.6) is 0 Å². The molecule has 4 N–H and O–H groups in total. The quantitative estimate of drug-likeness (QED) is 0.223. The molecule has 3 rings (SSSR count). The molecule has 0 aliphatic rings. The topological polar surface area (TPSA) is 154 Å². The van der Waals surface area contributed by atoms with E-state index >= 15 is 0 Å². The zero-order valence-electron chi connectivity index (χ0n) is 17.0. The molecule has 0 spiro atoms. The van der Waals surface area contributed by atoms with Crippen LogP contribution in [0.15, 0.2) is 40.5 Å². The second kappa shape index (κ2) is 10.0. The van der Waals surface area contributed by atoms with E-state index in [2.05, 4.69) is 25.7 Å². The van der Waals surface area contributed by atoms with Crippen LogP contribution in [-0.2, 0) is 21.3 Å². The number of nitrogens with two attached hydrogens (primary N) is 1. The minimum Gasteiger partial charge on any atom is -0.383 e. The number of fused-ring (bicyclic) bond motifs is 1. The number of ether oxygens (including phenoxy) is 1. The van der Waals surface area contributed by atoms with Crippen molar-refractivity contribution in [1.29, 1.82) is 0 Å². The SMILES string of the molecule is COCCNc1nc(SC)nc2c1cnn2CCNC(=O)c1ccc(S(N)(=O)=O)cc1. The van der Waals surface area contributed by atoms with Crippen molar-refractivity contribution in [3.8, 4) is 0 Å². The number of nitrogens with zero attached hydrogens (tertiary/aromatic N) is 4. The molecule has 0 saturated carbocycles. The molecular weight excluding hydrogens is 442 g/mol. The number of hydrogen-bond acceptors (Lipinski definition) is 9. The van der Waals surface area contributed by atoms with Crippen LogP contribution in [-0.4, -0.2) is 67.1 Å². The van der Waals surface area contributed by atoms with Crippen molar-refractivity contribution in [2.24, 2.45) is 5.14 Å². The van der Waals surface area contributed by atoms with Crippen molar-refractivity contribution in [1.82, 2.24) is 25.1 Å². The Morgan fingerprint density at radius 2 is 1.97 bits per heavy atom. The summed E-state index contributed by atoms with van der Waals surface area (Å²) >= 11 is 1.42. The van der Waals surface area contributed by atoms with E-state index in [1.54, 1.807) is 18.0 Å². The number of benzene rings is 1. The minimum absolute atomic E-state index is 0.0498. The molecule has 0 aliphatic carbocycles. The number of hydrogen-bond donors (Lipinski definition) is 3. The summed E-state index contributed by atoms with van der Waals surface area (Å²) < 4.78 is 29.4. The highest BCUT2D eigenvalue weighted by atomic mass is 32.2.